The van der Waals surface area contributed by atoms with E-state index in [2.05, 4.69) is 6.58 Å². The van der Waals surface area contributed by atoms with Crippen molar-refractivity contribution in [1.82, 2.24) is 0 Å². The Hall–Kier alpha value is -0.870. The van der Waals surface area contributed by atoms with Crippen molar-refractivity contribution in [2.75, 3.05) is 5.75 Å². The van der Waals surface area contributed by atoms with Gasteiger partial charge < -0.3 is 0 Å². The molecule has 0 aromatic heterocycles. The normalized spacial score (nSPS) is 11.3. The minimum absolute atomic E-state index is 0.287. The maximum Gasteiger partial charge on any atom is 0.236 e. The van der Waals surface area contributed by atoms with E-state index in [0.717, 1.165) is 0 Å². The van der Waals surface area contributed by atoms with E-state index in [9.17, 15) is 12.8 Å². The summed E-state index contributed by atoms with van der Waals surface area (Å²) in [7, 11) is 1.49. The minimum atomic E-state index is -3.57. The zero-order valence-electron chi connectivity index (χ0n) is 7.91. The van der Waals surface area contributed by atoms with Crippen LogP contribution in [0.15, 0.2) is 36.4 Å². The van der Waals surface area contributed by atoms with Crippen LogP contribution in [-0.2, 0) is 15.5 Å². The van der Waals surface area contributed by atoms with E-state index in [-0.39, 0.29) is 11.6 Å². The van der Waals surface area contributed by atoms with Gasteiger partial charge in [-0.25, -0.2) is 12.8 Å². The topological polar surface area (TPSA) is 34.1 Å². The van der Waals surface area contributed by atoms with E-state index in [4.69, 9.17) is 10.7 Å². The number of hydrogen-bond donors (Lipinski definition) is 0. The van der Waals surface area contributed by atoms with Crippen molar-refractivity contribution in [2.45, 2.75) is 6.42 Å². The van der Waals surface area contributed by atoms with Crippen LogP contribution in [0.3, 0.4) is 0 Å². The third-order valence-electron chi connectivity index (χ3n) is 1.72. The molecular weight excluding hydrogens is 239 g/mol. The van der Waals surface area contributed by atoms with Crippen molar-refractivity contribution in [3.8, 4) is 0 Å². The number of halogens is 2. The smallest absolute Gasteiger partial charge is 0.212 e. The molecule has 0 atom stereocenters. The Morgan fingerprint density at radius 3 is 2.67 bits per heavy atom. The second-order valence-corrected chi connectivity index (χ2v) is 6.02. The molecule has 5 heteroatoms. The third-order valence-corrected chi connectivity index (χ3v) is 2.80. The van der Waals surface area contributed by atoms with Crippen molar-refractivity contribution in [1.29, 1.82) is 0 Å². The van der Waals surface area contributed by atoms with Crippen LogP contribution >= 0.6 is 10.7 Å². The largest absolute Gasteiger partial charge is 0.236 e. The standard InChI is InChI=1S/C10H10ClFO2S/c1-8(7-15(11,13)14)5-9-3-2-4-10(12)6-9/h2-4,6H,1,5,7H2. The molecule has 0 aliphatic heterocycles. The second-order valence-electron chi connectivity index (χ2n) is 3.24. The monoisotopic (exact) mass is 248 g/mol. The molecule has 15 heavy (non-hydrogen) atoms. The number of rotatable bonds is 4. The van der Waals surface area contributed by atoms with Gasteiger partial charge in [-0.05, 0) is 24.1 Å². The van der Waals surface area contributed by atoms with E-state index in [1.165, 1.54) is 12.1 Å². The van der Waals surface area contributed by atoms with E-state index in [1.54, 1.807) is 12.1 Å². The molecule has 0 aliphatic rings. The van der Waals surface area contributed by atoms with Crippen molar-refractivity contribution < 1.29 is 12.8 Å². The Morgan fingerprint density at radius 1 is 1.47 bits per heavy atom. The Labute approximate surface area is 92.8 Å². The van der Waals surface area contributed by atoms with Crippen molar-refractivity contribution in [3.05, 3.63) is 47.8 Å². The fraction of sp³-hybridized carbons (Fsp3) is 0.200. The molecule has 0 N–H and O–H groups in total. The average molecular weight is 249 g/mol. The van der Waals surface area contributed by atoms with Gasteiger partial charge in [0.15, 0.2) is 0 Å². The fourth-order valence-electron chi connectivity index (χ4n) is 1.23. The van der Waals surface area contributed by atoms with Crippen LogP contribution in [0.2, 0.25) is 0 Å². The van der Waals surface area contributed by atoms with Crippen molar-refractivity contribution >= 4 is 19.7 Å². The minimum Gasteiger partial charge on any atom is -0.212 e. The lowest BCUT2D eigenvalue weighted by molar-refractivity contribution is 0.611. The predicted octanol–water partition coefficient (Wildman–Crippen LogP) is 2.49. The molecule has 1 aromatic rings. The van der Waals surface area contributed by atoms with Gasteiger partial charge in [-0.1, -0.05) is 24.3 Å². The summed E-state index contributed by atoms with van der Waals surface area (Å²) in [5.74, 6) is -0.639. The van der Waals surface area contributed by atoms with Gasteiger partial charge in [-0.15, -0.1) is 0 Å². The highest BCUT2D eigenvalue weighted by atomic mass is 35.7. The van der Waals surface area contributed by atoms with E-state index in [1.807, 2.05) is 0 Å². The summed E-state index contributed by atoms with van der Waals surface area (Å²) >= 11 is 0. The van der Waals surface area contributed by atoms with Crippen LogP contribution in [0.5, 0.6) is 0 Å². The summed E-state index contributed by atoms with van der Waals surface area (Å²) < 4.78 is 34.2. The quantitative estimate of drug-likeness (QED) is 0.606. The van der Waals surface area contributed by atoms with Crippen molar-refractivity contribution in [2.24, 2.45) is 0 Å². The van der Waals surface area contributed by atoms with Gasteiger partial charge in [0.1, 0.15) is 5.82 Å². The maximum atomic E-state index is 12.8. The van der Waals surface area contributed by atoms with Gasteiger partial charge in [0.2, 0.25) is 9.05 Å². The molecule has 0 saturated carbocycles. The van der Waals surface area contributed by atoms with E-state index in [0.29, 0.717) is 17.6 Å². The van der Waals surface area contributed by atoms with Gasteiger partial charge in [-0.3, -0.25) is 0 Å². The third kappa shape index (κ3) is 4.95. The van der Waals surface area contributed by atoms with E-state index < -0.39 is 9.05 Å². The zero-order chi connectivity index (χ0) is 11.5. The molecule has 82 valence electrons. The van der Waals surface area contributed by atoms with Gasteiger partial charge in [-0.2, -0.15) is 0 Å². The summed E-state index contributed by atoms with van der Waals surface area (Å²) in [5, 5.41) is 0. The Balaban J connectivity index is 2.67. The molecule has 2 nitrogen and oxygen atoms in total. The first kappa shape index (κ1) is 12.2. The Kier molecular flexibility index (Phi) is 3.88. The molecule has 0 saturated heterocycles. The molecule has 0 heterocycles. The first-order valence-electron chi connectivity index (χ1n) is 4.20. The summed E-state index contributed by atoms with van der Waals surface area (Å²) in [5.41, 5.74) is 1.12. The van der Waals surface area contributed by atoms with E-state index >= 15 is 0 Å². The zero-order valence-corrected chi connectivity index (χ0v) is 9.48. The first-order valence-corrected chi connectivity index (χ1v) is 6.68. The number of hydrogen-bond acceptors (Lipinski definition) is 2. The molecule has 1 aromatic carbocycles. The lowest BCUT2D eigenvalue weighted by atomic mass is 10.1. The summed E-state index contributed by atoms with van der Waals surface area (Å²) in [6.45, 7) is 3.58. The van der Waals surface area contributed by atoms with Crippen molar-refractivity contribution in [3.63, 3.8) is 0 Å². The lowest BCUT2D eigenvalue weighted by Gasteiger charge is -2.03. The second kappa shape index (κ2) is 4.77. The molecule has 0 bridgehead atoms. The molecule has 1 rings (SSSR count). The Morgan fingerprint density at radius 2 is 2.13 bits per heavy atom. The van der Waals surface area contributed by atoms with Crippen LogP contribution in [-0.4, -0.2) is 14.2 Å². The maximum absolute atomic E-state index is 12.8. The molecule has 0 amide bonds. The summed E-state index contributed by atoms with van der Waals surface area (Å²) in [4.78, 5) is 0. The first-order chi connectivity index (χ1) is 6.87. The lowest BCUT2D eigenvalue weighted by Crippen LogP contribution is -2.02. The van der Waals surface area contributed by atoms with Crippen LogP contribution < -0.4 is 0 Å². The molecule has 0 spiro atoms. The van der Waals surface area contributed by atoms with Gasteiger partial charge in [0.05, 0.1) is 5.75 Å². The molecule has 0 fully saturated rings. The molecule has 0 unspecified atom stereocenters. The van der Waals surface area contributed by atoms with Gasteiger partial charge in [0, 0.05) is 10.7 Å². The van der Waals surface area contributed by atoms with Crippen LogP contribution in [0.25, 0.3) is 0 Å². The summed E-state index contributed by atoms with van der Waals surface area (Å²) in [6, 6.07) is 5.93. The molecular formula is C10H10ClFO2S. The average Bonchev–Trinajstić information content (AvgIpc) is 1.99. The molecule has 0 aliphatic carbocycles. The van der Waals surface area contributed by atoms with Crippen LogP contribution in [0, 0.1) is 5.82 Å². The predicted molar refractivity (Wildman–Crippen MR) is 58.9 cm³/mol. The number of benzene rings is 1. The van der Waals surface area contributed by atoms with Gasteiger partial charge >= 0.3 is 0 Å². The molecule has 0 radical (unpaired) electrons. The summed E-state index contributed by atoms with van der Waals surface area (Å²) in [6.07, 6.45) is 0.309. The fourth-order valence-corrected chi connectivity index (χ4v) is 2.28. The van der Waals surface area contributed by atoms with Gasteiger partial charge in [0.25, 0.3) is 0 Å². The SMILES string of the molecule is C=C(Cc1cccc(F)c1)CS(=O)(=O)Cl. The Bertz CT molecular complexity index is 468. The van der Waals surface area contributed by atoms with Crippen LogP contribution in [0.1, 0.15) is 5.56 Å². The highest BCUT2D eigenvalue weighted by molar-refractivity contribution is 8.13. The van der Waals surface area contributed by atoms with Crippen LogP contribution in [0.4, 0.5) is 4.39 Å². The highest BCUT2D eigenvalue weighted by Gasteiger charge is 2.08. The highest BCUT2D eigenvalue weighted by Crippen LogP contribution is 2.11.